The largest absolute Gasteiger partial charge is 0.497 e. The van der Waals surface area contributed by atoms with E-state index in [1.165, 1.54) is 6.08 Å². The molecule has 0 radical (unpaired) electrons. The van der Waals surface area contributed by atoms with Crippen molar-refractivity contribution in [3.8, 4) is 5.75 Å². The van der Waals surface area contributed by atoms with Crippen LogP contribution in [0.15, 0.2) is 71.9 Å². The van der Waals surface area contributed by atoms with E-state index in [1.807, 2.05) is 50.3 Å². The first-order chi connectivity index (χ1) is 16.0. The van der Waals surface area contributed by atoms with Gasteiger partial charge in [-0.1, -0.05) is 47.6 Å². The Balaban J connectivity index is 2.01. The van der Waals surface area contributed by atoms with Gasteiger partial charge in [0.2, 0.25) is 0 Å². The number of ketones is 1. The number of benzene rings is 1. The Morgan fingerprint density at radius 1 is 1.06 bits per heavy atom. The molecular weight excluding hydrogens is 420 g/mol. The molecule has 0 aliphatic carbocycles. The van der Waals surface area contributed by atoms with Gasteiger partial charge in [0.05, 0.1) is 33.5 Å². The van der Waals surface area contributed by atoms with Crippen LogP contribution in [0.2, 0.25) is 0 Å². The van der Waals surface area contributed by atoms with Gasteiger partial charge in [-0.25, -0.2) is 4.79 Å². The van der Waals surface area contributed by atoms with Gasteiger partial charge >= 0.3 is 5.97 Å². The molecule has 6 nitrogen and oxygen atoms in total. The van der Waals surface area contributed by atoms with Gasteiger partial charge in [0, 0.05) is 18.9 Å². The Kier molecular flexibility index (Phi) is 11.9. The second-order valence-corrected chi connectivity index (χ2v) is 7.96. The van der Waals surface area contributed by atoms with Crippen molar-refractivity contribution in [2.45, 2.75) is 45.8 Å². The maximum absolute atomic E-state index is 12.3. The highest BCUT2D eigenvalue weighted by molar-refractivity contribution is 5.91. The van der Waals surface area contributed by atoms with E-state index in [9.17, 15) is 9.59 Å². The first-order valence-electron chi connectivity index (χ1n) is 11.1. The van der Waals surface area contributed by atoms with Crippen molar-refractivity contribution in [3.05, 3.63) is 77.4 Å². The summed E-state index contributed by atoms with van der Waals surface area (Å²) in [5, 5.41) is 0. The lowest BCUT2D eigenvalue weighted by Crippen LogP contribution is -2.23. The van der Waals surface area contributed by atoms with Gasteiger partial charge in [0.25, 0.3) is 0 Å². The van der Waals surface area contributed by atoms with Crippen LogP contribution in [0.5, 0.6) is 5.75 Å². The van der Waals surface area contributed by atoms with Gasteiger partial charge in [-0.3, -0.25) is 4.79 Å². The number of carbonyl (C=O) groups excluding carboxylic acids is 2. The molecule has 0 spiro atoms. The molecule has 0 fully saturated rings. The minimum atomic E-state index is -0.450. The maximum Gasteiger partial charge on any atom is 0.331 e. The number of cyclic esters (lactones) is 1. The topological polar surface area (TPSA) is 71.1 Å². The zero-order valence-corrected chi connectivity index (χ0v) is 19.8. The minimum Gasteiger partial charge on any atom is -0.497 e. The number of esters is 1. The predicted molar refractivity (Wildman–Crippen MR) is 128 cm³/mol. The second kappa shape index (κ2) is 15.0. The first-order valence-corrected chi connectivity index (χ1v) is 11.1. The SMILES string of the molecule is COc1ccc(COC[C@H]2C/C(C)=C/COCC/C=C/C(=O)C/C(C)=C\C=C\C(=O)O2)cc1. The van der Waals surface area contributed by atoms with Gasteiger partial charge in [0.1, 0.15) is 11.9 Å². The third kappa shape index (κ3) is 11.5. The Labute approximate surface area is 196 Å². The Bertz CT molecular complexity index is 876. The zero-order valence-electron chi connectivity index (χ0n) is 19.8. The van der Waals surface area contributed by atoms with Crippen molar-refractivity contribution in [2.75, 3.05) is 26.9 Å². The summed E-state index contributed by atoms with van der Waals surface area (Å²) >= 11 is 0. The van der Waals surface area contributed by atoms with Crippen molar-refractivity contribution in [1.82, 2.24) is 0 Å². The molecule has 0 aromatic heterocycles. The molecule has 0 saturated carbocycles. The molecule has 1 aliphatic rings. The average molecular weight is 455 g/mol. The van der Waals surface area contributed by atoms with Gasteiger partial charge in [-0.15, -0.1) is 0 Å². The van der Waals surface area contributed by atoms with Crippen LogP contribution in [0.1, 0.15) is 38.7 Å². The number of allylic oxidation sites excluding steroid dienone is 4. The summed E-state index contributed by atoms with van der Waals surface area (Å²) in [4.78, 5) is 24.3. The van der Waals surface area contributed by atoms with Gasteiger partial charge in [-0.2, -0.15) is 0 Å². The highest BCUT2D eigenvalue weighted by atomic mass is 16.6. The Hall–Kier alpha value is -2.96. The number of ether oxygens (including phenoxy) is 4. The molecule has 1 aromatic rings. The fourth-order valence-electron chi connectivity index (χ4n) is 3.14. The fraction of sp³-hybridized carbons (Fsp3) is 0.407. The first kappa shape index (κ1) is 26.3. The van der Waals surface area contributed by atoms with Crippen LogP contribution in [-0.2, 0) is 30.4 Å². The van der Waals surface area contributed by atoms with Crippen LogP contribution in [0.4, 0.5) is 0 Å². The Morgan fingerprint density at radius 3 is 2.61 bits per heavy atom. The number of hydrogen-bond acceptors (Lipinski definition) is 6. The summed E-state index contributed by atoms with van der Waals surface area (Å²) in [6.07, 6.45) is 11.2. The van der Waals surface area contributed by atoms with Crippen molar-refractivity contribution < 1.29 is 28.5 Å². The van der Waals surface area contributed by atoms with Crippen molar-refractivity contribution in [1.29, 1.82) is 0 Å². The van der Waals surface area contributed by atoms with Crippen molar-refractivity contribution in [3.63, 3.8) is 0 Å². The lowest BCUT2D eigenvalue weighted by Gasteiger charge is -2.18. The number of rotatable bonds is 5. The van der Waals surface area contributed by atoms with E-state index in [0.29, 0.717) is 39.1 Å². The molecule has 0 bridgehead atoms. The van der Waals surface area contributed by atoms with E-state index in [2.05, 4.69) is 0 Å². The highest BCUT2D eigenvalue weighted by Gasteiger charge is 2.14. The van der Waals surface area contributed by atoms with Gasteiger partial charge < -0.3 is 18.9 Å². The molecule has 0 amide bonds. The summed E-state index contributed by atoms with van der Waals surface area (Å²) in [5.41, 5.74) is 2.92. The quantitative estimate of drug-likeness (QED) is 0.466. The standard InChI is InChI=1S/C27H34O6/c1-21-7-6-9-27(29)33-26(20-32-19-23-10-12-25(30-3)13-11-23)18-22(2)14-16-31-15-5-4-8-24(28)17-21/h4,6-14,26H,5,15-20H2,1-3H3/b8-4+,9-6+,21-7-,22-14+/t26-/m1/s1. The molecule has 1 aromatic carbocycles. The normalized spacial score (nSPS) is 24.3. The molecule has 1 heterocycles. The second-order valence-electron chi connectivity index (χ2n) is 7.96. The highest BCUT2D eigenvalue weighted by Crippen LogP contribution is 2.14. The zero-order chi connectivity index (χ0) is 23.9. The molecule has 2 rings (SSSR count). The van der Waals surface area contributed by atoms with Crippen molar-refractivity contribution >= 4 is 11.8 Å². The maximum atomic E-state index is 12.3. The number of methoxy groups -OCH3 is 1. The fourth-order valence-corrected chi connectivity index (χ4v) is 3.14. The van der Waals surface area contributed by atoms with E-state index in [1.54, 1.807) is 25.3 Å². The summed E-state index contributed by atoms with van der Waals surface area (Å²) in [5.74, 6) is 0.357. The number of carbonyl (C=O) groups is 2. The molecule has 0 unspecified atom stereocenters. The van der Waals surface area contributed by atoms with E-state index in [4.69, 9.17) is 18.9 Å². The third-order valence-corrected chi connectivity index (χ3v) is 4.91. The van der Waals surface area contributed by atoms with E-state index < -0.39 is 12.1 Å². The van der Waals surface area contributed by atoms with Crippen molar-refractivity contribution in [2.24, 2.45) is 0 Å². The van der Waals surface area contributed by atoms with Crippen LogP contribution >= 0.6 is 0 Å². The number of hydrogen-bond donors (Lipinski definition) is 0. The van der Waals surface area contributed by atoms with Gasteiger partial charge in [-0.05, 0) is 44.0 Å². The predicted octanol–water partition coefficient (Wildman–Crippen LogP) is 4.90. The molecule has 0 N–H and O–H groups in total. The summed E-state index contributed by atoms with van der Waals surface area (Å²) in [6.45, 7) is 5.51. The molecule has 6 heteroatoms. The molecule has 178 valence electrons. The van der Waals surface area contributed by atoms with E-state index in [-0.39, 0.29) is 12.4 Å². The van der Waals surface area contributed by atoms with Crippen LogP contribution in [0.3, 0.4) is 0 Å². The summed E-state index contributed by atoms with van der Waals surface area (Å²) < 4.78 is 22.3. The molecule has 33 heavy (non-hydrogen) atoms. The monoisotopic (exact) mass is 454 g/mol. The molecule has 1 atom stereocenters. The van der Waals surface area contributed by atoms with Gasteiger partial charge in [0.15, 0.2) is 5.78 Å². The molecule has 1 aliphatic heterocycles. The lowest BCUT2D eigenvalue weighted by molar-refractivity contribution is -0.146. The van der Waals surface area contributed by atoms with Crippen LogP contribution in [0, 0.1) is 0 Å². The third-order valence-electron chi connectivity index (χ3n) is 4.91. The molecule has 0 saturated heterocycles. The van der Waals surface area contributed by atoms with Crippen LogP contribution in [-0.4, -0.2) is 44.8 Å². The average Bonchev–Trinajstić information content (AvgIpc) is 2.78. The van der Waals surface area contributed by atoms with Crippen LogP contribution < -0.4 is 4.74 Å². The van der Waals surface area contributed by atoms with E-state index >= 15 is 0 Å². The van der Waals surface area contributed by atoms with Crippen LogP contribution in [0.25, 0.3) is 0 Å². The van der Waals surface area contributed by atoms with E-state index in [0.717, 1.165) is 22.5 Å². The smallest absolute Gasteiger partial charge is 0.331 e. The minimum absolute atomic E-state index is 0.0191. The Morgan fingerprint density at radius 2 is 1.85 bits per heavy atom. The molecular formula is C27H34O6. The summed E-state index contributed by atoms with van der Waals surface area (Å²) in [6, 6.07) is 7.64. The lowest BCUT2D eigenvalue weighted by atomic mass is 10.1. The summed E-state index contributed by atoms with van der Waals surface area (Å²) in [7, 11) is 1.63.